The maximum atomic E-state index is 12.5. The van der Waals surface area contributed by atoms with E-state index >= 15 is 0 Å². The molecule has 0 radical (unpaired) electrons. The van der Waals surface area contributed by atoms with E-state index in [0.29, 0.717) is 26.3 Å². The number of aryl methyl sites for hydroxylation is 1. The summed E-state index contributed by atoms with van der Waals surface area (Å²) < 4.78 is 12.4. The summed E-state index contributed by atoms with van der Waals surface area (Å²) in [6, 6.07) is 7.86. The third-order valence-electron chi connectivity index (χ3n) is 4.22. The topological polar surface area (TPSA) is 78.3 Å². The van der Waals surface area contributed by atoms with Crippen LogP contribution in [0.2, 0.25) is 0 Å². The molecule has 7 nitrogen and oxygen atoms in total. The zero-order valence-electron chi connectivity index (χ0n) is 13.8. The molecule has 1 atom stereocenters. The van der Waals surface area contributed by atoms with E-state index in [4.69, 9.17) is 9.47 Å². The zero-order chi connectivity index (χ0) is 16.8. The van der Waals surface area contributed by atoms with E-state index in [1.807, 2.05) is 24.3 Å². The molecule has 128 valence electrons. The number of aromatic nitrogens is 3. The van der Waals surface area contributed by atoms with Gasteiger partial charge in [0.2, 0.25) is 5.91 Å². The summed E-state index contributed by atoms with van der Waals surface area (Å²) in [5.74, 6) is 0.785. The van der Waals surface area contributed by atoms with Crippen molar-refractivity contribution in [1.29, 1.82) is 0 Å². The molecule has 2 aromatic rings. The second-order valence-corrected chi connectivity index (χ2v) is 5.84. The van der Waals surface area contributed by atoms with Crippen molar-refractivity contribution in [1.82, 2.24) is 20.3 Å². The third-order valence-corrected chi connectivity index (χ3v) is 4.22. The Kier molecular flexibility index (Phi) is 5.43. The van der Waals surface area contributed by atoms with Gasteiger partial charge >= 0.3 is 0 Å². The van der Waals surface area contributed by atoms with Crippen molar-refractivity contribution in [2.45, 2.75) is 26.0 Å². The lowest BCUT2D eigenvalue weighted by atomic mass is 9.93. The molecule has 0 unspecified atom stereocenters. The van der Waals surface area contributed by atoms with Crippen LogP contribution in [0, 0.1) is 5.92 Å². The fraction of sp³-hybridized carbons (Fsp3) is 0.471. The molecule has 0 fully saturated rings. The minimum atomic E-state index is -0.0974. The fourth-order valence-corrected chi connectivity index (χ4v) is 2.82. The molecule has 7 heteroatoms. The van der Waals surface area contributed by atoms with Crippen LogP contribution in [0.3, 0.4) is 0 Å². The van der Waals surface area contributed by atoms with E-state index in [2.05, 4.69) is 15.6 Å². The molecule has 0 aliphatic carbocycles. The normalized spacial score (nSPS) is 19.0. The number of nitrogens with one attached hydrogen (secondary N) is 1. The van der Waals surface area contributed by atoms with Crippen LogP contribution in [0.25, 0.3) is 0 Å². The smallest absolute Gasteiger partial charge is 0.223 e. The summed E-state index contributed by atoms with van der Waals surface area (Å²) in [4.78, 5) is 12.5. The molecule has 0 spiro atoms. The van der Waals surface area contributed by atoms with Gasteiger partial charge in [0.05, 0.1) is 25.6 Å². The van der Waals surface area contributed by atoms with Crippen molar-refractivity contribution in [2.24, 2.45) is 5.92 Å². The van der Waals surface area contributed by atoms with Gasteiger partial charge in [-0.05, 0) is 37.0 Å². The van der Waals surface area contributed by atoms with Crippen LogP contribution in [0.1, 0.15) is 17.7 Å². The molecular formula is C17H22N4O3. The van der Waals surface area contributed by atoms with Crippen LogP contribution in [-0.4, -0.2) is 41.2 Å². The van der Waals surface area contributed by atoms with Crippen LogP contribution in [-0.2, 0) is 29.1 Å². The van der Waals surface area contributed by atoms with Crippen molar-refractivity contribution in [3.63, 3.8) is 0 Å². The van der Waals surface area contributed by atoms with Gasteiger partial charge in [-0.15, -0.1) is 5.10 Å². The molecule has 1 aliphatic heterocycles. The lowest BCUT2D eigenvalue weighted by Crippen LogP contribution is -2.34. The van der Waals surface area contributed by atoms with E-state index in [-0.39, 0.29) is 11.8 Å². The van der Waals surface area contributed by atoms with Gasteiger partial charge in [0.15, 0.2) is 0 Å². The van der Waals surface area contributed by atoms with Crippen molar-refractivity contribution < 1.29 is 14.3 Å². The second kappa shape index (κ2) is 7.92. The summed E-state index contributed by atoms with van der Waals surface area (Å²) >= 11 is 0. The Hall–Kier alpha value is -2.41. The first-order valence-electron chi connectivity index (χ1n) is 8.12. The minimum Gasteiger partial charge on any atom is -0.497 e. The van der Waals surface area contributed by atoms with E-state index in [9.17, 15) is 4.79 Å². The van der Waals surface area contributed by atoms with Crippen LogP contribution < -0.4 is 10.1 Å². The van der Waals surface area contributed by atoms with Gasteiger partial charge in [-0.2, -0.15) is 0 Å². The summed E-state index contributed by atoms with van der Waals surface area (Å²) in [6.45, 7) is 1.33. The third kappa shape index (κ3) is 4.11. The number of carbonyl (C=O) groups is 1. The maximum Gasteiger partial charge on any atom is 0.223 e. The van der Waals surface area contributed by atoms with Gasteiger partial charge in [-0.1, -0.05) is 17.3 Å². The lowest BCUT2D eigenvalue weighted by molar-refractivity contribution is -0.125. The van der Waals surface area contributed by atoms with Gasteiger partial charge in [-0.3, -0.25) is 4.79 Å². The highest BCUT2D eigenvalue weighted by Crippen LogP contribution is 2.19. The van der Waals surface area contributed by atoms with Gasteiger partial charge in [-0.25, -0.2) is 4.68 Å². The number of hydrogen-bond acceptors (Lipinski definition) is 5. The Morgan fingerprint density at radius 2 is 2.21 bits per heavy atom. The molecule has 0 saturated heterocycles. The number of rotatable bonds is 3. The summed E-state index contributed by atoms with van der Waals surface area (Å²) in [5.41, 5.74) is 2.11. The number of fused-ring (bicyclic) bond motifs is 1. The molecule has 0 bridgehead atoms. The predicted octanol–water partition coefficient (Wildman–Crippen LogP) is 1.18. The van der Waals surface area contributed by atoms with Gasteiger partial charge < -0.3 is 14.8 Å². The highest BCUT2D eigenvalue weighted by Gasteiger charge is 2.20. The zero-order valence-corrected chi connectivity index (χ0v) is 13.8. The van der Waals surface area contributed by atoms with Gasteiger partial charge in [0.1, 0.15) is 12.5 Å². The number of carbonyl (C=O) groups excluding carboxylic acids is 1. The van der Waals surface area contributed by atoms with Crippen LogP contribution in [0.4, 0.5) is 0 Å². The molecule has 3 rings (SSSR count). The molecular weight excluding hydrogens is 308 g/mol. The molecule has 1 aromatic heterocycles. The highest BCUT2D eigenvalue weighted by atomic mass is 16.5. The largest absolute Gasteiger partial charge is 0.497 e. The quantitative estimate of drug-likeness (QED) is 0.914. The Bertz CT molecular complexity index is 669. The van der Waals surface area contributed by atoms with Gasteiger partial charge in [0.25, 0.3) is 0 Å². The number of ether oxygens (including phenoxy) is 2. The Morgan fingerprint density at radius 3 is 3.00 bits per heavy atom. The standard InChI is InChI=1S/C17H22N4O3/c1-23-16-6-2-13(3-7-16)10-14-4-5-15-11-19-20-21(15)12-24-9-8-18-17(14)22/h2-3,6-7,11,14H,4-5,8-10,12H2,1H3,(H,18,22)/t14-/m1/s1. The molecule has 2 heterocycles. The molecule has 1 aliphatic rings. The summed E-state index contributed by atoms with van der Waals surface area (Å²) in [6.07, 6.45) is 3.91. The Labute approximate surface area is 141 Å². The van der Waals surface area contributed by atoms with Crippen molar-refractivity contribution in [3.05, 3.63) is 41.7 Å². The lowest BCUT2D eigenvalue weighted by Gasteiger charge is -2.16. The second-order valence-electron chi connectivity index (χ2n) is 5.84. The number of nitrogens with zero attached hydrogens (tertiary/aromatic N) is 3. The summed E-state index contributed by atoms with van der Waals surface area (Å²) in [7, 11) is 1.64. The Balaban J connectivity index is 1.72. The summed E-state index contributed by atoms with van der Waals surface area (Å²) in [5, 5.41) is 10.9. The number of methoxy groups -OCH3 is 1. The van der Waals surface area contributed by atoms with E-state index in [1.54, 1.807) is 18.0 Å². The van der Waals surface area contributed by atoms with E-state index in [1.165, 1.54) is 0 Å². The molecule has 24 heavy (non-hydrogen) atoms. The number of amides is 1. The Morgan fingerprint density at radius 1 is 1.38 bits per heavy atom. The van der Waals surface area contributed by atoms with Crippen LogP contribution in [0.15, 0.2) is 30.5 Å². The fourth-order valence-electron chi connectivity index (χ4n) is 2.82. The average molecular weight is 330 g/mol. The highest BCUT2D eigenvalue weighted by molar-refractivity contribution is 5.79. The first kappa shape index (κ1) is 16.4. The van der Waals surface area contributed by atoms with Crippen molar-refractivity contribution in [2.75, 3.05) is 20.3 Å². The number of benzene rings is 1. The first-order chi connectivity index (χ1) is 11.8. The van der Waals surface area contributed by atoms with Crippen molar-refractivity contribution >= 4 is 5.91 Å². The van der Waals surface area contributed by atoms with Crippen molar-refractivity contribution in [3.8, 4) is 5.75 Å². The SMILES string of the molecule is COc1ccc(C[C@H]2CCc3cnnn3COCCNC2=O)cc1. The minimum absolute atomic E-state index is 0.0651. The number of hydrogen-bond donors (Lipinski definition) is 1. The monoisotopic (exact) mass is 330 g/mol. The first-order valence-corrected chi connectivity index (χ1v) is 8.12. The average Bonchev–Trinajstić information content (AvgIpc) is 3.04. The molecule has 0 saturated carbocycles. The van der Waals surface area contributed by atoms with Crippen LogP contribution in [0.5, 0.6) is 5.75 Å². The molecule has 1 amide bonds. The van der Waals surface area contributed by atoms with Crippen LogP contribution >= 0.6 is 0 Å². The van der Waals surface area contributed by atoms with E-state index < -0.39 is 0 Å². The maximum absolute atomic E-state index is 12.5. The molecule has 1 aromatic carbocycles. The van der Waals surface area contributed by atoms with Gasteiger partial charge in [0, 0.05) is 12.5 Å². The van der Waals surface area contributed by atoms with E-state index in [0.717, 1.165) is 29.8 Å². The predicted molar refractivity (Wildman–Crippen MR) is 87.5 cm³/mol. The molecule has 1 N–H and O–H groups in total.